The molecule has 0 bridgehead atoms. The second kappa shape index (κ2) is 5.70. The van der Waals surface area contributed by atoms with Gasteiger partial charge in [-0.25, -0.2) is 0 Å². The largest absolute Gasteiger partial charge is 0.463 e. The van der Waals surface area contributed by atoms with Gasteiger partial charge in [-0.15, -0.1) is 0 Å². The first-order chi connectivity index (χ1) is 8.36. The van der Waals surface area contributed by atoms with Crippen molar-refractivity contribution < 1.29 is 4.42 Å². The van der Waals surface area contributed by atoms with E-state index in [9.17, 15) is 4.79 Å². The van der Waals surface area contributed by atoms with Gasteiger partial charge in [0.25, 0.3) is 0 Å². The molecule has 3 aromatic rings. The Bertz CT molecular complexity index is 717. The molecule has 0 saturated heterocycles. The average molecular weight is 262 g/mol. The summed E-state index contributed by atoms with van der Waals surface area (Å²) in [6.07, 6.45) is 1.53. The Morgan fingerprint density at radius 2 is 1.50 bits per heavy atom. The summed E-state index contributed by atoms with van der Waals surface area (Å²) >= 11 is 0. The minimum Gasteiger partial charge on any atom is -0.463 e. The third-order valence-electron chi connectivity index (χ3n) is 2.76. The summed E-state index contributed by atoms with van der Waals surface area (Å²) in [5, 5.41) is 0.619. The van der Waals surface area contributed by atoms with Gasteiger partial charge in [0.05, 0.1) is 10.9 Å². The molecule has 18 heavy (non-hydrogen) atoms. The van der Waals surface area contributed by atoms with E-state index in [0.717, 1.165) is 5.56 Å². The van der Waals surface area contributed by atoms with Gasteiger partial charge in [-0.1, -0.05) is 42.5 Å². The summed E-state index contributed by atoms with van der Waals surface area (Å²) in [5.41, 5.74) is 2.12. The van der Waals surface area contributed by atoms with E-state index in [2.05, 4.69) is 0 Å². The van der Waals surface area contributed by atoms with Crippen LogP contribution in [0.4, 0.5) is 0 Å². The minimum atomic E-state index is 0. The van der Waals surface area contributed by atoms with E-state index >= 15 is 0 Å². The van der Waals surface area contributed by atoms with Crippen LogP contribution in [0.2, 0.25) is 0 Å². The van der Waals surface area contributed by atoms with E-state index in [0.29, 0.717) is 16.5 Å². The molecular formula is C15H10CaO2. The zero-order valence-corrected chi connectivity index (χ0v) is 12.0. The van der Waals surface area contributed by atoms with Gasteiger partial charge in [0.2, 0.25) is 0 Å². The van der Waals surface area contributed by atoms with Gasteiger partial charge in [0.1, 0.15) is 11.8 Å². The Kier molecular flexibility index (Phi) is 4.23. The summed E-state index contributed by atoms with van der Waals surface area (Å²) in [4.78, 5) is 12.3. The van der Waals surface area contributed by atoms with Gasteiger partial charge in [0, 0.05) is 37.7 Å². The molecule has 3 rings (SSSR count). The SMILES string of the molecule is O=c1c(-c2ccccc2)coc2ccccc12.[Ca]. The molecule has 0 aliphatic heterocycles. The summed E-state index contributed by atoms with van der Waals surface area (Å²) in [6.45, 7) is 0. The Labute approximate surface area is 134 Å². The Hall–Kier alpha value is -1.09. The van der Waals surface area contributed by atoms with Gasteiger partial charge in [0.15, 0.2) is 5.43 Å². The molecule has 2 aromatic carbocycles. The zero-order valence-electron chi connectivity index (χ0n) is 9.80. The number of para-hydroxylation sites is 1. The molecule has 3 heteroatoms. The van der Waals surface area contributed by atoms with Crippen molar-refractivity contribution in [1.29, 1.82) is 0 Å². The van der Waals surface area contributed by atoms with Crippen molar-refractivity contribution >= 4 is 48.7 Å². The summed E-state index contributed by atoms with van der Waals surface area (Å²) in [6, 6.07) is 16.8. The third kappa shape index (κ3) is 2.37. The quantitative estimate of drug-likeness (QED) is 0.631. The molecule has 0 aliphatic rings. The van der Waals surface area contributed by atoms with Crippen LogP contribution in [0.1, 0.15) is 0 Å². The van der Waals surface area contributed by atoms with Gasteiger partial charge >= 0.3 is 0 Å². The van der Waals surface area contributed by atoms with E-state index in [1.807, 2.05) is 42.5 Å². The van der Waals surface area contributed by atoms with Crippen LogP contribution in [0.25, 0.3) is 22.1 Å². The first-order valence-corrected chi connectivity index (χ1v) is 5.42. The molecule has 1 aromatic heterocycles. The van der Waals surface area contributed by atoms with Crippen LogP contribution >= 0.6 is 0 Å². The summed E-state index contributed by atoms with van der Waals surface area (Å²) in [7, 11) is 0. The molecule has 2 radical (unpaired) electrons. The molecule has 84 valence electrons. The second-order valence-electron chi connectivity index (χ2n) is 3.84. The number of fused-ring (bicyclic) bond motifs is 1. The van der Waals surface area contributed by atoms with Crippen LogP contribution in [0.5, 0.6) is 0 Å². The van der Waals surface area contributed by atoms with E-state index in [1.54, 1.807) is 12.1 Å². The molecule has 0 fully saturated rings. The van der Waals surface area contributed by atoms with Crippen LogP contribution in [0, 0.1) is 0 Å². The van der Waals surface area contributed by atoms with Crippen molar-refractivity contribution in [2.75, 3.05) is 0 Å². The zero-order chi connectivity index (χ0) is 11.7. The van der Waals surface area contributed by atoms with Crippen molar-refractivity contribution in [3.05, 3.63) is 71.1 Å². The molecular weight excluding hydrogens is 252 g/mol. The Morgan fingerprint density at radius 3 is 2.28 bits per heavy atom. The van der Waals surface area contributed by atoms with Crippen LogP contribution in [0.3, 0.4) is 0 Å². The minimum absolute atomic E-state index is 0. The van der Waals surface area contributed by atoms with Crippen LogP contribution in [-0.4, -0.2) is 37.7 Å². The van der Waals surface area contributed by atoms with Crippen molar-refractivity contribution in [3.63, 3.8) is 0 Å². The summed E-state index contributed by atoms with van der Waals surface area (Å²) < 4.78 is 5.48. The molecule has 2 nitrogen and oxygen atoms in total. The molecule has 0 aliphatic carbocycles. The molecule has 0 N–H and O–H groups in total. The summed E-state index contributed by atoms with van der Waals surface area (Å²) in [5.74, 6) is 0. The number of benzene rings is 2. The van der Waals surface area contributed by atoms with Crippen molar-refractivity contribution in [1.82, 2.24) is 0 Å². The molecule has 1 heterocycles. The predicted octanol–water partition coefficient (Wildman–Crippen LogP) is 3.08. The monoisotopic (exact) mass is 262 g/mol. The van der Waals surface area contributed by atoms with Crippen molar-refractivity contribution in [2.45, 2.75) is 0 Å². The Balaban J connectivity index is 0.00000120. The predicted molar refractivity (Wildman–Crippen MR) is 73.7 cm³/mol. The van der Waals surface area contributed by atoms with Crippen molar-refractivity contribution in [3.8, 4) is 11.1 Å². The fraction of sp³-hybridized carbons (Fsp3) is 0. The van der Waals surface area contributed by atoms with Crippen LogP contribution in [0.15, 0.2) is 70.1 Å². The van der Waals surface area contributed by atoms with E-state index in [4.69, 9.17) is 4.42 Å². The third-order valence-corrected chi connectivity index (χ3v) is 2.76. The number of hydrogen-bond acceptors (Lipinski definition) is 2. The van der Waals surface area contributed by atoms with Crippen molar-refractivity contribution in [2.24, 2.45) is 0 Å². The van der Waals surface area contributed by atoms with Crippen LogP contribution in [-0.2, 0) is 0 Å². The second-order valence-corrected chi connectivity index (χ2v) is 3.84. The molecule has 0 amide bonds. The molecule has 0 saturated carbocycles. The van der Waals surface area contributed by atoms with Gasteiger partial charge in [-0.3, -0.25) is 4.79 Å². The average Bonchev–Trinajstić information content (AvgIpc) is 2.40. The maximum absolute atomic E-state index is 12.3. The standard InChI is InChI=1S/C15H10O2.Ca/c16-15-12-8-4-5-9-14(12)17-10-13(15)11-6-2-1-3-7-11;/h1-10H;. The number of rotatable bonds is 1. The van der Waals surface area contributed by atoms with Gasteiger partial charge in [-0.05, 0) is 17.7 Å². The molecule has 0 spiro atoms. The van der Waals surface area contributed by atoms with E-state index < -0.39 is 0 Å². The maximum Gasteiger partial charge on any atom is 0.200 e. The maximum atomic E-state index is 12.3. The number of hydrogen-bond donors (Lipinski definition) is 0. The van der Waals surface area contributed by atoms with Gasteiger partial charge in [-0.2, -0.15) is 0 Å². The van der Waals surface area contributed by atoms with E-state index in [-0.39, 0.29) is 43.2 Å². The first-order valence-electron chi connectivity index (χ1n) is 5.42. The Morgan fingerprint density at radius 1 is 0.833 bits per heavy atom. The fourth-order valence-corrected chi connectivity index (χ4v) is 1.89. The molecule has 0 unspecified atom stereocenters. The normalized spacial score (nSPS) is 10.0. The molecule has 0 atom stereocenters. The topological polar surface area (TPSA) is 30.2 Å². The van der Waals surface area contributed by atoms with Crippen LogP contribution < -0.4 is 5.43 Å². The fourth-order valence-electron chi connectivity index (χ4n) is 1.89. The first kappa shape index (κ1) is 13.3. The smallest absolute Gasteiger partial charge is 0.200 e. The van der Waals surface area contributed by atoms with Gasteiger partial charge < -0.3 is 4.42 Å². The van der Waals surface area contributed by atoms with E-state index in [1.165, 1.54) is 6.26 Å².